The number of hydrogen-bond donors (Lipinski definition) is 1. The Hall–Kier alpha value is 1.15. The Bertz CT molecular complexity index is 82.2. The van der Waals surface area contributed by atoms with Gasteiger partial charge in [0.25, 0.3) is 0 Å². The molecule has 0 aliphatic heterocycles. The molecule has 56 valence electrons. The first-order valence-corrected chi connectivity index (χ1v) is 5.02. The molecule has 1 unspecified atom stereocenters. The van der Waals surface area contributed by atoms with Crippen LogP contribution in [-0.2, 0) is 0 Å². The van der Waals surface area contributed by atoms with Gasteiger partial charge in [-0.3, -0.25) is 0 Å². The molecular formula is C8H17Li2N. The van der Waals surface area contributed by atoms with Crippen molar-refractivity contribution >= 4 is 30.8 Å². The summed E-state index contributed by atoms with van der Waals surface area (Å²) in [7, 11) is 2.06. The zero-order valence-corrected chi connectivity index (χ0v) is 8.48. The molecule has 1 fully saturated rings. The molecule has 1 aliphatic rings. The van der Waals surface area contributed by atoms with Crippen LogP contribution in [0.5, 0.6) is 0 Å². The zero-order valence-electron chi connectivity index (χ0n) is 8.48. The van der Waals surface area contributed by atoms with Crippen LogP contribution in [-0.4, -0.2) is 43.9 Å². The van der Waals surface area contributed by atoms with E-state index in [2.05, 4.69) is 19.3 Å². The summed E-state index contributed by atoms with van der Waals surface area (Å²) in [6, 6.07) is 0.743. The topological polar surface area (TPSA) is 12.0 Å². The third-order valence-electron chi connectivity index (χ3n) is 2.56. The molecule has 11 heavy (non-hydrogen) atoms. The predicted molar refractivity (Wildman–Crippen MR) is 52.0 cm³/mol. The SMILES string of the molecule is CNC(C)C1CCCC1.[Li][Li]. The van der Waals surface area contributed by atoms with Gasteiger partial charge in [-0.2, -0.15) is 0 Å². The molecule has 1 saturated carbocycles. The van der Waals surface area contributed by atoms with Gasteiger partial charge >= 0.3 is 30.8 Å². The van der Waals surface area contributed by atoms with E-state index < -0.39 is 0 Å². The van der Waals surface area contributed by atoms with Crippen molar-refractivity contribution in [3.8, 4) is 0 Å². The molecule has 1 N–H and O–H groups in total. The van der Waals surface area contributed by atoms with Gasteiger partial charge in [0.15, 0.2) is 0 Å². The van der Waals surface area contributed by atoms with E-state index in [9.17, 15) is 0 Å². The Balaban J connectivity index is 0.000000461. The molecule has 0 radical (unpaired) electrons. The van der Waals surface area contributed by atoms with E-state index in [1.165, 1.54) is 25.7 Å². The van der Waals surface area contributed by atoms with Crippen molar-refractivity contribution in [1.82, 2.24) is 5.32 Å². The summed E-state index contributed by atoms with van der Waals surface area (Å²) in [5.41, 5.74) is 0. The van der Waals surface area contributed by atoms with E-state index in [1.807, 2.05) is 30.8 Å². The van der Waals surface area contributed by atoms with Gasteiger partial charge in [0.05, 0.1) is 0 Å². The molecule has 1 nitrogen and oxygen atoms in total. The molecule has 0 aromatic carbocycles. The molecule has 3 heteroatoms. The molecule has 0 aromatic rings. The average molecular weight is 141 g/mol. The Kier molecular flexibility index (Phi) is 8.60. The molecule has 0 heterocycles. The van der Waals surface area contributed by atoms with E-state index in [4.69, 9.17) is 0 Å². The Morgan fingerprint density at radius 3 is 2.09 bits per heavy atom. The molecule has 0 spiro atoms. The fourth-order valence-electron chi connectivity index (χ4n) is 1.69. The van der Waals surface area contributed by atoms with Crippen molar-refractivity contribution in [2.24, 2.45) is 5.92 Å². The summed E-state index contributed by atoms with van der Waals surface area (Å²) in [4.78, 5) is 0. The molecule has 1 rings (SSSR count). The fraction of sp³-hybridized carbons (Fsp3) is 1.00. The summed E-state index contributed by atoms with van der Waals surface area (Å²) < 4.78 is 0. The minimum atomic E-state index is 0.743. The first-order valence-electron chi connectivity index (χ1n) is 5.02. The van der Waals surface area contributed by atoms with Crippen molar-refractivity contribution in [1.29, 1.82) is 0 Å². The summed E-state index contributed by atoms with van der Waals surface area (Å²) in [5.74, 6) is 0.968. The van der Waals surface area contributed by atoms with Crippen LogP contribution >= 0.6 is 0 Å². The Morgan fingerprint density at radius 1 is 1.27 bits per heavy atom. The van der Waals surface area contributed by atoms with Crippen molar-refractivity contribution in [2.45, 2.75) is 38.6 Å². The van der Waals surface area contributed by atoms with E-state index in [0.717, 1.165) is 12.0 Å². The van der Waals surface area contributed by atoms with Crippen LogP contribution in [0.4, 0.5) is 0 Å². The van der Waals surface area contributed by atoms with Crippen LogP contribution in [0, 0.1) is 5.92 Å². The summed E-state index contributed by atoms with van der Waals surface area (Å²) in [5, 5.41) is 3.31. The summed E-state index contributed by atoms with van der Waals surface area (Å²) >= 11 is 4.00. The van der Waals surface area contributed by atoms with Crippen LogP contribution in [0.2, 0.25) is 0 Å². The summed E-state index contributed by atoms with van der Waals surface area (Å²) in [6.45, 7) is 2.29. The maximum absolute atomic E-state index is 3.31. The number of hydrogen-bond acceptors (Lipinski definition) is 1. The van der Waals surface area contributed by atoms with Gasteiger partial charge in [0, 0.05) is 6.04 Å². The number of nitrogens with one attached hydrogen (secondary N) is 1. The third-order valence-corrected chi connectivity index (χ3v) is 2.56. The molecule has 0 amide bonds. The summed E-state index contributed by atoms with van der Waals surface area (Å²) in [6.07, 6.45) is 5.80. The molecule has 0 bridgehead atoms. The molecule has 0 aromatic heterocycles. The second-order valence-corrected chi connectivity index (χ2v) is 3.12. The third kappa shape index (κ3) is 4.67. The van der Waals surface area contributed by atoms with Crippen LogP contribution in [0.1, 0.15) is 32.6 Å². The fourth-order valence-corrected chi connectivity index (χ4v) is 1.69. The quantitative estimate of drug-likeness (QED) is 0.566. The molecule has 0 saturated heterocycles. The van der Waals surface area contributed by atoms with Gasteiger partial charge in [-0.1, -0.05) is 12.8 Å². The zero-order chi connectivity index (χ0) is 8.69. The maximum atomic E-state index is 3.31. The number of rotatable bonds is 2. The predicted octanol–water partition coefficient (Wildman–Crippen LogP) is 1.02. The van der Waals surface area contributed by atoms with Gasteiger partial charge in [0.1, 0.15) is 0 Å². The van der Waals surface area contributed by atoms with Crippen LogP contribution in [0.3, 0.4) is 0 Å². The van der Waals surface area contributed by atoms with Gasteiger partial charge in [-0.15, -0.1) is 0 Å². The van der Waals surface area contributed by atoms with Crippen molar-refractivity contribution in [2.75, 3.05) is 7.05 Å². The van der Waals surface area contributed by atoms with E-state index in [0.29, 0.717) is 0 Å². The Morgan fingerprint density at radius 2 is 1.73 bits per heavy atom. The average Bonchev–Trinajstić information content (AvgIpc) is 2.59. The van der Waals surface area contributed by atoms with E-state index in [-0.39, 0.29) is 0 Å². The van der Waals surface area contributed by atoms with E-state index >= 15 is 0 Å². The van der Waals surface area contributed by atoms with Gasteiger partial charge in [-0.05, 0) is 32.7 Å². The first-order chi connectivity index (χ1) is 5.34. The molecule has 1 atom stereocenters. The van der Waals surface area contributed by atoms with Gasteiger partial charge in [0.2, 0.25) is 0 Å². The van der Waals surface area contributed by atoms with E-state index in [1.54, 1.807) is 0 Å². The Labute approximate surface area is 87.5 Å². The minimum absolute atomic E-state index is 0.743. The van der Waals surface area contributed by atoms with Crippen LogP contribution < -0.4 is 5.32 Å². The van der Waals surface area contributed by atoms with Crippen molar-refractivity contribution < 1.29 is 0 Å². The van der Waals surface area contributed by atoms with Crippen LogP contribution in [0.15, 0.2) is 0 Å². The standard InChI is InChI=1S/C8H17N.2Li/c1-7(9-2)8-5-3-4-6-8;;/h7-9H,3-6H2,1-2H3;;. The van der Waals surface area contributed by atoms with Gasteiger partial charge in [-0.25, -0.2) is 0 Å². The molecular weight excluding hydrogens is 124 g/mol. The molecule has 1 aliphatic carbocycles. The first kappa shape index (κ1) is 12.2. The van der Waals surface area contributed by atoms with Crippen molar-refractivity contribution in [3.05, 3.63) is 0 Å². The van der Waals surface area contributed by atoms with Gasteiger partial charge < -0.3 is 5.32 Å². The van der Waals surface area contributed by atoms with Crippen molar-refractivity contribution in [3.63, 3.8) is 0 Å². The van der Waals surface area contributed by atoms with Crippen LogP contribution in [0.25, 0.3) is 0 Å². The normalized spacial score (nSPS) is 20.9. The second kappa shape index (κ2) is 7.79. The monoisotopic (exact) mass is 141 g/mol. The second-order valence-electron chi connectivity index (χ2n) is 3.12.